The topological polar surface area (TPSA) is 51.6 Å². The van der Waals surface area contributed by atoms with E-state index in [2.05, 4.69) is 91.9 Å². The van der Waals surface area contributed by atoms with Crippen LogP contribution in [0.15, 0.2) is 152 Å². The van der Waals surface area contributed by atoms with Crippen LogP contribution in [0.5, 0.6) is 0 Å². The van der Waals surface area contributed by atoms with E-state index < -0.39 is 0 Å². The van der Waals surface area contributed by atoms with E-state index in [9.17, 15) is 0 Å². The molecule has 0 aliphatic carbocycles. The summed E-state index contributed by atoms with van der Waals surface area (Å²) >= 11 is 0. The van der Waals surface area contributed by atoms with Crippen molar-refractivity contribution in [1.82, 2.24) is 19.9 Å². The molecule has 212 valence electrons. The Morgan fingerprint density at radius 1 is 0.400 bits per heavy atom. The third kappa shape index (κ3) is 5.02. The summed E-state index contributed by atoms with van der Waals surface area (Å²) in [6.45, 7) is 2.15. The van der Waals surface area contributed by atoms with Gasteiger partial charge in [-0.1, -0.05) is 127 Å². The monoisotopic (exact) mass is 576 g/mol. The van der Waals surface area contributed by atoms with E-state index in [4.69, 9.17) is 19.9 Å². The lowest BCUT2D eigenvalue weighted by Gasteiger charge is -2.13. The molecule has 0 radical (unpaired) electrons. The zero-order valence-corrected chi connectivity index (χ0v) is 24.7. The Labute approximate surface area is 261 Å². The SMILES string of the molecule is Cc1c(-c2cccc(-c3nc(-c4ccccc4)nc(-c4ccccc4)n3)c2)ccnc1-c1ccc2c(ccc3ccccc32)c1. The maximum absolute atomic E-state index is 4.94. The molecule has 0 amide bonds. The van der Waals surface area contributed by atoms with Gasteiger partial charge >= 0.3 is 0 Å². The van der Waals surface area contributed by atoms with Crippen molar-refractivity contribution in [2.45, 2.75) is 6.92 Å². The zero-order chi connectivity index (χ0) is 30.2. The summed E-state index contributed by atoms with van der Waals surface area (Å²) in [6.07, 6.45) is 1.90. The Balaban J connectivity index is 1.21. The smallest absolute Gasteiger partial charge is 0.164 e. The fraction of sp³-hybridized carbons (Fsp3) is 0.0244. The third-order valence-corrected chi connectivity index (χ3v) is 8.35. The number of hydrogen-bond acceptors (Lipinski definition) is 4. The number of fused-ring (bicyclic) bond motifs is 3. The first-order valence-electron chi connectivity index (χ1n) is 15.1. The number of pyridine rings is 1. The lowest BCUT2D eigenvalue weighted by atomic mass is 9.94. The minimum atomic E-state index is 0.637. The molecule has 0 fully saturated rings. The van der Waals surface area contributed by atoms with E-state index in [0.717, 1.165) is 44.6 Å². The average molecular weight is 577 g/mol. The molecule has 0 saturated heterocycles. The number of nitrogens with zero attached hydrogens (tertiary/aromatic N) is 4. The number of rotatable bonds is 5. The molecule has 0 atom stereocenters. The summed E-state index contributed by atoms with van der Waals surface area (Å²) < 4.78 is 0. The predicted molar refractivity (Wildman–Crippen MR) is 185 cm³/mol. The van der Waals surface area contributed by atoms with Crippen LogP contribution in [0.4, 0.5) is 0 Å². The van der Waals surface area contributed by atoms with Crippen LogP contribution in [0.1, 0.15) is 5.56 Å². The Morgan fingerprint density at radius 2 is 0.978 bits per heavy atom. The number of hydrogen-bond donors (Lipinski definition) is 0. The van der Waals surface area contributed by atoms with Crippen molar-refractivity contribution >= 4 is 21.5 Å². The van der Waals surface area contributed by atoms with Crippen LogP contribution in [-0.4, -0.2) is 19.9 Å². The predicted octanol–water partition coefficient (Wildman–Crippen LogP) is 10.2. The molecule has 4 nitrogen and oxygen atoms in total. The molecule has 4 heteroatoms. The van der Waals surface area contributed by atoms with Crippen molar-refractivity contribution in [3.05, 3.63) is 157 Å². The molecule has 0 bridgehead atoms. The second-order valence-corrected chi connectivity index (χ2v) is 11.2. The molecular weight excluding hydrogens is 548 g/mol. The number of benzene rings is 6. The number of aromatic nitrogens is 4. The van der Waals surface area contributed by atoms with Crippen molar-refractivity contribution < 1.29 is 0 Å². The van der Waals surface area contributed by atoms with E-state index in [-0.39, 0.29) is 0 Å². The van der Waals surface area contributed by atoms with Gasteiger partial charge in [-0.25, -0.2) is 15.0 Å². The van der Waals surface area contributed by atoms with Gasteiger partial charge in [0.1, 0.15) is 0 Å². The molecular formula is C41H28N4. The third-order valence-electron chi connectivity index (χ3n) is 8.35. The zero-order valence-electron chi connectivity index (χ0n) is 24.7. The maximum Gasteiger partial charge on any atom is 0.164 e. The molecule has 2 heterocycles. The van der Waals surface area contributed by atoms with Crippen LogP contribution in [-0.2, 0) is 0 Å². The van der Waals surface area contributed by atoms with Gasteiger partial charge in [0.25, 0.3) is 0 Å². The molecule has 8 rings (SSSR count). The van der Waals surface area contributed by atoms with E-state index in [1.807, 2.05) is 66.9 Å². The highest BCUT2D eigenvalue weighted by atomic mass is 15.0. The highest BCUT2D eigenvalue weighted by molar-refractivity contribution is 6.08. The maximum atomic E-state index is 4.94. The molecule has 45 heavy (non-hydrogen) atoms. The van der Waals surface area contributed by atoms with Gasteiger partial charge in [0.15, 0.2) is 17.5 Å². The molecule has 6 aromatic carbocycles. The summed E-state index contributed by atoms with van der Waals surface area (Å²) in [6, 6.07) is 50.2. The van der Waals surface area contributed by atoms with E-state index in [1.165, 1.54) is 21.5 Å². The summed E-state index contributed by atoms with van der Waals surface area (Å²) in [4.78, 5) is 19.6. The Kier molecular flexibility index (Phi) is 6.65. The van der Waals surface area contributed by atoms with Crippen molar-refractivity contribution in [3.63, 3.8) is 0 Å². The first-order valence-corrected chi connectivity index (χ1v) is 15.1. The summed E-state index contributed by atoms with van der Waals surface area (Å²) in [5, 5.41) is 4.97. The van der Waals surface area contributed by atoms with Crippen LogP contribution in [0.25, 0.3) is 78.1 Å². The first-order chi connectivity index (χ1) is 22.2. The van der Waals surface area contributed by atoms with Crippen LogP contribution in [0.3, 0.4) is 0 Å². The second kappa shape index (κ2) is 11.3. The van der Waals surface area contributed by atoms with Crippen LogP contribution in [0, 0.1) is 6.92 Å². The summed E-state index contributed by atoms with van der Waals surface area (Å²) in [5.41, 5.74) is 8.25. The van der Waals surface area contributed by atoms with Gasteiger partial charge in [-0.2, -0.15) is 0 Å². The van der Waals surface area contributed by atoms with Gasteiger partial charge in [0, 0.05) is 28.5 Å². The highest BCUT2D eigenvalue weighted by Crippen LogP contribution is 2.35. The molecule has 0 aliphatic heterocycles. The van der Waals surface area contributed by atoms with E-state index >= 15 is 0 Å². The lowest BCUT2D eigenvalue weighted by molar-refractivity contribution is 1.07. The van der Waals surface area contributed by atoms with Gasteiger partial charge in [-0.3, -0.25) is 4.98 Å². The van der Waals surface area contributed by atoms with Gasteiger partial charge in [-0.05, 0) is 63.4 Å². The van der Waals surface area contributed by atoms with Gasteiger partial charge in [-0.15, -0.1) is 0 Å². The molecule has 0 N–H and O–H groups in total. The fourth-order valence-corrected chi connectivity index (χ4v) is 6.06. The Bertz CT molecular complexity index is 2270. The highest BCUT2D eigenvalue weighted by Gasteiger charge is 2.15. The molecule has 0 unspecified atom stereocenters. The van der Waals surface area contributed by atoms with Crippen molar-refractivity contribution in [2.24, 2.45) is 0 Å². The van der Waals surface area contributed by atoms with E-state index in [1.54, 1.807) is 0 Å². The van der Waals surface area contributed by atoms with Crippen LogP contribution in [0.2, 0.25) is 0 Å². The quantitative estimate of drug-likeness (QED) is 0.191. The van der Waals surface area contributed by atoms with Gasteiger partial charge < -0.3 is 0 Å². The van der Waals surface area contributed by atoms with Gasteiger partial charge in [0.05, 0.1) is 5.69 Å². The van der Waals surface area contributed by atoms with Crippen LogP contribution >= 0.6 is 0 Å². The van der Waals surface area contributed by atoms with Crippen LogP contribution < -0.4 is 0 Å². The van der Waals surface area contributed by atoms with Gasteiger partial charge in [0.2, 0.25) is 0 Å². The molecule has 2 aromatic heterocycles. The molecule has 0 aliphatic rings. The van der Waals surface area contributed by atoms with Crippen molar-refractivity contribution in [2.75, 3.05) is 0 Å². The average Bonchev–Trinajstić information content (AvgIpc) is 3.12. The second-order valence-electron chi connectivity index (χ2n) is 11.2. The standard InChI is InChI=1S/C41H28N4/c1-27-35(23-24-42-38(27)33-21-22-37-32(25-33)20-19-28-11-8-9-18-36(28)37)31-16-10-17-34(26-31)41-44-39(29-12-4-2-5-13-29)43-40(45-41)30-14-6-3-7-15-30/h2-26H,1H3. The lowest BCUT2D eigenvalue weighted by Crippen LogP contribution is -2.00. The largest absolute Gasteiger partial charge is 0.256 e. The Morgan fingerprint density at radius 3 is 1.71 bits per heavy atom. The fourth-order valence-electron chi connectivity index (χ4n) is 6.06. The first kappa shape index (κ1) is 26.6. The molecule has 0 spiro atoms. The Hall–Kier alpha value is -6.00. The van der Waals surface area contributed by atoms with E-state index in [0.29, 0.717) is 17.5 Å². The normalized spacial score (nSPS) is 11.2. The molecule has 0 saturated carbocycles. The van der Waals surface area contributed by atoms with Crippen molar-refractivity contribution in [1.29, 1.82) is 0 Å². The summed E-state index contributed by atoms with van der Waals surface area (Å²) in [5.74, 6) is 1.94. The minimum Gasteiger partial charge on any atom is -0.256 e. The summed E-state index contributed by atoms with van der Waals surface area (Å²) in [7, 11) is 0. The minimum absolute atomic E-state index is 0.637. The molecule has 8 aromatic rings. The van der Waals surface area contributed by atoms with Crippen molar-refractivity contribution in [3.8, 4) is 56.5 Å².